The number of nitrogens with one attached hydrogen (secondary N) is 1. The fourth-order valence-corrected chi connectivity index (χ4v) is 3.01. The zero-order valence-corrected chi connectivity index (χ0v) is 9.85. The molecule has 1 saturated heterocycles. The maximum atomic E-state index is 12.2. The molecule has 1 saturated carbocycles. The first-order chi connectivity index (χ1) is 8.29. The van der Waals surface area contributed by atoms with Crippen molar-refractivity contribution in [1.29, 1.82) is 5.26 Å². The summed E-state index contributed by atoms with van der Waals surface area (Å²) in [5.41, 5.74) is 1.41. The lowest BCUT2D eigenvalue weighted by molar-refractivity contribution is -0.137. The Balaban J connectivity index is 1.68. The van der Waals surface area contributed by atoms with Crippen molar-refractivity contribution in [2.75, 3.05) is 6.54 Å². The molecule has 1 aliphatic carbocycles. The fourth-order valence-electron chi connectivity index (χ4n) is 3.01. The molecule has 2 fully saturated rings. The summed E-state index contributed by atoms with van der Waals surface area (Å²) >= 11 is 0. The van der Waals surface area contributed by atoms with Crippen molar-refractivity contribution in [3.05, 3.63) is 11.6 Å². The molecule has 1 unspecified atom stereocenters. The van der Waals surface area contributed by atoms with Crippen molar-refractivity contribution in [3.8, 4) is 6.07 Å². The Morgan fingerprint density at radius 3 is 3.00 bits per heavy atom. The van der Waals surface area contributed by atoms with Crippen molar-refractivity contribution < 1.29 is 4.79 Å². The highest BCUT2D eigenvalue weighted by atomic mass is 16.2. The monoisotopic (exact) mass is 231 g/mol. The third-order valence-corrected chi connectivity index (χ3v) is 4.14. The van der Waals surface area contributed by atoms with Gasteiger partial charge in [0.05, 0.1) is 6.07 Å². The molecule has 0 radical (unpaired) electrons. The molecule has 90 valence electrons. The van der Waals surface area contributed by atoms with Crippen molar-refractivity contribution in [3.63, 3.8) is 0 Å². The highest BCUT2D eigenvalue weighted by Gasteiger charge is 2.39. The molecule has 4 nitrogen and oxygen atoms in total. The maximum absolute atomic E-state index is 12.2. The first-order valence-corrected chi connectivity index (χ1v) is 6.46. The molecule has 0 aromatic heterocycles. The van der Waals surface area contributed by atoms with Crippen molar-refractivity contribution >= 4 is 5.91 Å². The van der Waals surface area contributed by atoms with Crippen LogP contribution in [0.3, 0.4) is 0 Å². The zero-order chi connectivity index (χ0) is 11.8. The van der Waals surface area contributed by atoms with Crippen molar-refractivity contribution in [2.24, 2.45) is 0 Å². The topological polar surface area (TPSA) is 56.1 Å². The molecule has 17 heavy (non-hydrogen) atoms. The number of hydrogen-bond donors (Lipinski definition) is 1. The number of nitriles is 1. The number of hydrogen-bond acceptors (Lipinski definition) is 3. The molecule has 0 aromatic carbocycles. The fraction of sp³-hybridized carbons (Fsp3) is 0.692. The predicted molar refractivity (Wildman–Crippen MR) is 63.0 cm³/mol. The third-order valence-electron chi connectivity index (χ3n) is 4.14. The van der Waals surface area contributed by atoms with Gasteiger partial charge in [-0.05, 0) is 25.7 Å². The second-order valence-corrected chi connectivity index (χ2v) is 5.15. The number of amides is 1. The Morgan fingerprint density at radius 1 is 1.47 bits per heavy atom. The van der Waals surface area contributed by atoms with Crippen LogP contribution in [0.4, 0.5) is 0 Å². The number of rotatable bonds is 1. The Labute approximate surface area is 101 Å². The van der Waals surface area contributed by atoms with E-state index in [0.29, 0.717) is 6.04 Å². The van der Waals surface area contributed by atoms with E-state index in [-0.39, 0.29) is 18.0 Å². The van der Waals surface area contributed by atoms with Gasteiger partial charge in [-0.15, -0.1) is 0 Å². The largest absolute Gasteiger partial charge is 0.325 e. The van der Waals surface area contributed by atoms with Gasteiger partial charge in [0, 0.05) is 12.6 Å². The molecule has 3 atom stereocenters. The number of nitrogens with zero attached hydrogens (tertiary/aromatic N) is 2. The van der Waals surface area contributed by atoms with E-state index >= 15 is 0 Å². The van der Waals surface area contributed by atoms with Gasteiger partial charge in [-0.2, -0.15) is 5.26 Å². The van der Waals surface area contributed by atoms with Crippen LogP contribution in [0.15, 0.2) is 11.6 Å². The lowest BCUT2D eigenvalue weighted by Crippen LogP contribution is -2.56. The normalized spacial score (nSPS) is 35.6. The first kappa shape index (κ1) is 10.8. The van der Waals surface area contributed by atoms with Crippen LogP contribution >= 0.6 is 0 Å². The molecular formula is C13H17N3O. The first-order valence-electron chi connectivity index (χ1n) is 6.46. The SMILES string of the molecule is N#C[C@@H]1CCN1C(=O)[C@@H]1C=C2CCCCC2N1. The van der Waals surface area contributed by atoms with E-state index in [9.17, 15) is 4.79 Å². The average molecular weight is 231 g/mol. The second-order valence-electron chi connectivity index (χ2n) is 5.15. The molecule has 0 spiro atoms. The minimum atomic E-state index is -0.190. The van der Waals surface area contributed by atoms with Gasteiger partial charge in [0.2, 0.25) is 5.91 Å². The van der Waals surface area contributed by atoms with Crippen LogP contribution in [0.25, 0.3) is 0 Å². The summed E-state index contributed by atoms with van der Waals surface area (Å²) in [4.78, 5) is 13.9. The van der Waals surface area contributed by atoms with Gasteiger partial charge in [0.1, 0.15) is 12.1 Å². The minimum Gasteiger partial charge on any atom is -0.325 e. The van der Waals surface area contributed by atoms with Crippen LogP contribution < -0.4 is 5.32 Å². The van der Waals surface area contributed by atoms with E-state index < -0.39 is 0 Å². The van der Waals surface area contributed by atoms with Crippen LogP contribution in [-0.2, 0) is 4.79 Å². The summed E-state index contributed by atoms with van der Waals surface area (Å²) < 4.78 is 0. The quantitative estimate of drug-likeness (QED) is 0.684. The Kier molecular flexibility index (Phi) is 2.64. The molecule has 2 heterocycles. The van der Waals surface area contributed by atoms with E-state index in [2.05, 4.69) is 17.5 Å². The van der Waals surface area contributed by atoms with Gasteiger partial charge in [-0.3, -0.25) is 10.1 Å². The van der Waals surface area contributed by atoms with E-state index in [0.717, 1.165) is 25.8 Å². The van der Waals surface area contributed by atoms with Crippen LogP contribution in [0.5, 0.6) is 0 Å². The Morgan fingerprint density at radius 2 is 2.35 bits per heavy atom. The zero-order valence-electron chi connectivity index (χ0n) is 9.85. The third kappa shape index (κ3) is 1.75. The van der Waals surface area contributed by atoms with Crippen molar-refractivity contribution in [1.82, 2.24) is 10.2 Å². The lowest BCUT2D eigenvalue weighted by atomic mass is 9.92. The number of fused-ring (bicyclic) bond motifs is 1. The van der Waals surface area contributed by atoms with Crippen LogP contribution in [0.1, 0.15) is 32.1 Å². The average Bonchev–Trinajstić information content (AvgIpc) is 2.71. The Hall–Kier alpha value is -1.34. The van der Waals surface area contributed by atoms with Crippen molar-refractivity contribution in [2.45, 2.75) is 50.2 Å². The van der Waals surface area contributed by atoms with Crippen LogP contribution in [-0.4, -0.2) is 35.5 Å². The molecule has 2 aliphatic heterocycles. The summed E-state index contributed by atoms with van der Waals surface area (Å²) in [6.45, 7) is 0.739. The summed E-state index contributed by atoms with van der Waals surface area (Å²) in [6.07, 6.45) is 7.70. The number of carbonyl (C=O) groups is 1. The standard InChI is InChI=1S/C13H17N3O/c14-8-10-5-6-16(10)13(17)12-7-9-3-1-2-4-11(9)15-12/h7,10-12,15H,1-6H2/t10-,11?,12-/m0/s1. The summed E-state index contributed by atoms with van der Waals surface area (Å²) in [5.74, 6) is 0.0877. The predicted octanol–water partition coefficient (Wildman–Crippen LogP) is 0.952. The molecule has 3 rings (SSSR count). The van der Waals surface area contributed by atoms with E-state index in [4.69, 9.17) is 5.26 Å². The number of carbonyl (C=O) groups excluding carboxylic acids is 1. The summed E-state index contributed by atoms with van der Waals surface area (Å²) in [5, 5.41) is 12.3. The number of likely N-dealkylation sites (tertiary alicyclic amines) is 1. The van der Waals surface area contributed by atoms with Gasteiger partial charge in [-0.25, -0.2) is 0 Å². The van der Waals surface area contributed by atoms with Gasteiger partial charge >= 0.3 is 0 Å². The van der Waals surface area contributed by atoms with Gasteiger partial charge in [-0.1, -0.05) is 18.1 Å². The Bertz CT molecular complexity index is 409. The molecule has 1 N–H and O–H groups in total. The van der Waals surface area contributed by atoms with Gasteiger partial charge in [0.25, 0.3) is 0 Å². The maximum Gasteiger partial charge on any atom is 0.244 e. The smallest absolute Gasteiger partial charge is 0.244 e. The highest BCUT2D eigenvalue weighted by molar-refractivity contribution is 5.86. The van der Waals surface area contributed by atoms with Gasteiger partial charge in [0.15, 0.2) is 0 Å². The molecule has 1 amide bonds. The van der Waals surface area contributed by atoms with Gasteiger partial charge < -0.3 is 4.90 Å². The van der Waals surface area contributed by atoms with Crippen LogP contribution in [0, 0.1) is 11.3 Å². The summed E-state index contributed by atoms with van der Waals surface area (Å²) in [6, 6.07) is 2.23. The second kappa shape index (κ2) is 4.15. The molecule has 3 aliphatic rings. The molecular weight excluding hydrogens is 214 g/mol. The minimum absolute atomic E-state index is 0.0877. The van der Waals surface area contributed by atoms with E-state index in [1.54, 1.807) is 4.90 Å². The van der Waals surface area contributed by atoms with E-state index in [1.807, 2.05) is 0 Å². The molecule has 0 bridgehead atoms. The molecule has 0 aromatic rings. The summed E-state index contributed by atoms with van der Waals surface area (Å²) in [7, 11) is 0. The molecule has 4 heteroatoms. The highest BCUT2D eigenvalue weighted by Crippen LogP contribution is 2.29. The van der Waals surface area contributed by atoms with Crippen LogP contribution in [0.2, 0.25) is 0 Å². The van der Waals surface area contributed by atoms with E-state index in [1.165, 1.54) is 18.4 Å². The lowest BCUT2D eigenvalue weighted by Gasteiger charge is -2.38.